The number of nitrogens with one attached hydrogen (secondary N) is 1. The molecular formula is C21H18FNO4S. The number of amides is 1. The topological polar surface area (TPSA) is 75.6 Å². The third-order valence-electron chi connectivity index (χ3n) is 4.02. The second-order valence-electron chi connectivity index (χ2n) is 5.99. The van der Waals surface area contributed by atoms with Gasteiger partial charge >= 0.3 is 5.97 Å². The normalized spacial score (nSPS) is 12.8. The Kier molecular flexibility index (Phi) is 6.52. The van der Waals surface area contributed by atoms with Crippen LogP contribution in [0.5, 0.6) is 0 Å². The first-order chi connectivity index (χ1) is 13.5. The monoisotopic (exact) mass is 399 g/mol. The number of halogens is 1. The number of carbonyl (C=O) groups excluding carboxylic acids is 2. The predicted molar refractivity (Wildman–Crippen MR) is 103 cm³/mol. The summed E-state index contributed by atoms with van der Waals surface area (Å²) < 4.78 is 18.2. The van der Waals surface area contributed by atoms with Gasteiger partial charge in [0.1, 0.15) is 5.82 Å². The zero-order valence-electron chi connectivity index (χ0n) is 14.7. The van der Waals surface area contributed by atoms with Gasteiger partial charge < -0.3 is 15.2 Å². The molecule has 0 radical (unpaired) electrons. The van der Waals surface area contributed by atoms with E-state index in [0.29, 0.717) is 11.1 Å². The zero-order valence-corrected chi connectivity index (χ0v) is 15.6. The molecule has 1 heterocycles. The number of ether oxygens (including phenoxy) is 1. The number of aliphatic hydroxyl groups excluding tert-OH is 1. The van der Waals surface area contributed by atoms with Gasteiger partial charge in [-0.2, -0.15) is 0 Å². The molecule has 0 saturated carbocycles. The molecule has 2 atom stereocenters. The Hall–Kier alpha value is -3.03. The van der Waals surface area contributed by atoms with Crippen LogP contribution in [0, 0.1) is 5.82 Å². The molecule has 144 valence electrons. The highest BCUT2D eigenvalue weighted by Crippen LogP contribution is 2.26. The third kappa shape index (κ3) is 5.03. The smallest absolute Gasteiger partial charge is 0.340 e. The molecule has 28 heavy (non-hydrogen) atoms. The lowest BCUT2D eigenvalue weighted by Crippen LogP contribution is -2.33. The zero-order chi connectivity index (χ0) is 19.9. The molecule has 3 aromatic rings. The van der Waals surface area contributed by atoms with Gasteiger partial charge in [0.2, 0.25) is 0 Å². The minimum atomic E-state index is -1.46. The minimum Gasteiger partial charge on any atom is -0.453 e. The summed E-state index contributed by atoms with van der Waals surface area (Å²) in [5.41, 5.74) is 1.09. The van der Waals surface area contributed by atoms with Gasteiger partial charge in [0.25, 0.3) is 5.91 Å². The average molecular weight is 399 g/mol. The molecule has 0 unspecified atom stereocenters. The predicted octanol–water partition coefficient (Wildman–Crippen LogP) is 3.37. The maximum atomic E-state index is 13.2. The minimum absolute atomic E-state index is 0.371. The SMILES string of the molecule is O=C(COC(=O)[C@H](O)c1ccccc1)N[C@@H](c1ccc(F)cc1)c1cccs1. The third-order valence-corrected chi connectivity index (χ3v) is 4.96. The van der Waals surface area contributed by atoms with Gasteiger partial charge in [-0.1, -0.05) is 48.5 Å². The van der Waals surface area contributed by atoms with Gasteiger partial charge in [-0.05, 0) is 34.7 Å². The fourth-order valence-corrected chi connectivity index (χ4v) is 3.42. The van der Waals surface area contributed by atoms with Crippen molar-refractivity contribution >= 4 is 23.2 Å². The molecule has 0 aliphatic rings. The lowest BCUT2D eigenvalue weighted by molar-refractivity contribution is -0.157. The highest BCUT2D eigenvalue weighted by Gasteiger charge is 2.22. The number of benzene rings is 2. The van der Waals surface area contributed by atoms with Crippen LogP contribution < -0.4 is 5.32 Å². The molecule has 0 saturated heterocycles. The molecule has 1 amide bonds. The quantitative estimate of drug-likeness (QED) is 0.598. The number of rotatable bonds is 7. The average Bonchev–Trinajstić information content (AvgIpc) is 3.25. The van der Waals surface area contributed by atoms with Crippen molar-refractivity contribution in [3.8, 4) is 0 Å². The van der Waals surface area contributed by atoms with Crippen LogP contribution in [0.2, 0.25) is 0 Å². The van der Waals surface area contributed by atoms with Crippen molar-refractivity contribution in [2.45, 2.75) is 12.1 Å². The number of esters is 1. The number of hydrogen-bond donors (Lipinski definition) is 2. The maximum Gasteiger partial charge on any atom is 0.340 e. The molecule has 2 N–H and O–H groups in total. The number of thiophene rings is 1. The Labute approximate surface area is 165 Å². The van der Waals surface area contributed by atoms with Crippen LogP contribution in [-0.2, 0) is 14.3 Å². The van der Waals surface area contributed by atoms with E-state index in [2.05, 4.69) is 5.32 Å². The lowest BCUT2D eigenvalue weighted by atomic mass is 10.1. The van der Waals surface area contributed by atoms with E-state index in [1.807, 2.05) is 17.5 Å². The van der Waals surface area contributed by atoms with E-state index in [1.54, 1.807) is 42.5 Å². The second kappa shape index (κ2) is 9.25. The van der Waals surface area contributed by atoms with E-state index in [1.165, 1.54) is 23.5 Å². The van der Waals surface area contributed by atoms with Crippen molar-refractivity contribution in [2.24, 2.45) is 0 Å². The Balaban J connectivity index is 1.62. The van der Waals surface area contributed by atoms with Crippen LogP contribution in [0.3, 0.4) is 0 Å². The number of aliphatic hydroxyl groups is 1. The van der Waals surface area contributed by atoms with Gasteiger partial charge in [-0.25, -0.2) is 9.18 Å². The van der Waals surface area contributed by atoms with Crippen LogP contribution >= 0.6 is 11.3 Å². The van der Waals surface area contributed by atoms with Crippen LogP contribution in [0.15, 0.2) is 72.1 Å². The molecule has 0 aliphatic carbocycles. The van der Waals surface area contributed by atoms with Gasteiger partial charge in [-0.3, -0.25) is 4.79 Å². The Morgan fingerprint density at radius 2 is 1.71 bits per heavy atom. The first-order valence-corrected chi connectivity index (χ1v) is 9.40. The molecule has 0 bridgehead atoms. The van der Waals surface area contributed by atoms with Crippen molar-refractivity contribution in [2.75, 3.05) is 6.61 Å². The van der Waals surface area contributed by atoms with Crippen molar-refractivity contribution < 1.29 is 23.8 Å². The van der Waals surface area contributed by atoms with Gasteiger partial charge in [0.15, 0.2) is 12.7 Å². The summed E-state index contributed by atoms with van der Waals surface area (Å²) in [7, 11) is 0. The standard InChI is InChI=1S/C21H18FNO4S/c22-16-10-8-14(9-11-16)19(17-7-4-12-28-17)23-18(24)13-27-21(26)20(25)15-5-2-1-3-6-15/h1-12,19-20,25H,13H2,(H,23,24)/t19-,20+/m0/s1. The van der Waals surface area contributed by atoms with Crippen molar-refractivity contribution in [3.05, 3.63) is 93.9 Å². The second-order valence-corrected chi connectivity index (χ2v) is 6.97. The van der Waals surface area contributed by atoms with E-state index < -0.39 is 30.6 Å². The summed E-state index contributed by atoms with van der Waals surface area (Å²) >= 11 is 1.44. The van der Waals surface area contributed by atoms with Crippen LogP contribution in [0.4, 0.5) is 4.39 Å². The maximum absolute atomic E-state index is 13.2. The van der Waals surface area contributed by atoms with Gasteiger partial charge in [-0.15, -0.1) is 11.3 Å². The van der Waals surface area contributed by atoms with E-state index in [0.717, 1.165) is 4.88 Å². The Bertz CT molecular complexity index is 913. The van der Waals surface area contributed by atoms with E-state index in [4.69, 9.17) is 4.74 Å². The van der Waals surface area contributed by atoms with E-state index in [9.17, 15) is 19.1 Å². The van der Waals surface area contributed by atoms with Crippen molar-refractivity contribution in [1.82, 2.24) is 5.32 Å². The lowest BCUT2D eigenvalue weighted by Gasteiger charge is -2.18. The number of hydrogen-bond acceptors (Lipinski definition) is 5. The molecular weight excluding hydrogens is 381 g/mol. The summed E-state index contributed by atoms with van der Waals surface area (Å²) in [4.78, 5) is 25.1. The molecule has 7 heteroatoms. The summed E-state index contributed by atoms with van der Waals surface area (Å²) in [5, 5.41) is 14.6. The first kappa shape index (κ1) is 19.7. The summed E-state index contributed by atoms with van der Waals surface area (Å²) in [6.45, 7) is -0.536. The summed E-state index contributed by atoms with van der Waals surface area (Å²) in [5.74, 6) is -1.81. The molecule has 0 aliphatic heterocycles. The summed E-state index contributed by atoms with van der Waals surface area (Å²) in [6, 6.07) is 17.3. The van der Waals surface area contributed by atoms with E-state index in [-0.39, 0.29) is 5.82 Å². The fraction of sp³-hybridized carbons (Fsp3) is 0.143. The van der Waals surface area contributed by atoms with Gasteiger partial charge in [0.05, 0.1) is 6.04 Å². The molecule has 5 nitrogen and oxygen atoms in total. The fourth-order valence-electron chi connectivity index (χ4n) is 2.62. The number of carbonyl (C=O) groups is 2. The van der Waals surface area contributed by atoms with Crippen LogP contribution in [-0.4, -0.2) is 23.6 Å². The van der Waals surface area contributed by atoms with Crippen molar-refractivity contribution in [1.29, 1.82) is 0 Å². The van der Waals surface area contributed by atoms with Gasteiger partial charge in [0, 0.05) is 4.88 Å². The molecule has 3 rings (SSSR count). The van der Waals surface area contributed by atoms with E-state index >= 15 is 0 Å². The molecule has 1 aromatic heterocycles. The Morgan fingerprint density at radius 3 is 2.36 bits per heavy atom. The van der Waals surface area contributed by atoms with Crippen LogP contribution in [0.25, 0.3) is 0 Å². The first-order valence-electron chi connectivity index (χ1n) is 8.52. The Morgan fingerprint density at radius 1 is 1.00 bits per heavy atom. The largest absolute Gasteiger partial charge is 0.453 e. The highest BCUT2D eigenvalue weighted by molar-refractivity contribution is 7.10. The summed E-state index contributed by atoms with van der Waals surface area (Å²) in [6.07, 6.45) is -1.46. The van der Waals surface area contributed by atoms with Crippen LogP contribution in [0.1, 0.15) is 28.1 Å². The van der Waals surface area contributed by atoms with Crippen molar-refractivity contribution in [3.63, 3.8) is 0 Å². The molecule has 2 aromatic carbocycles. The highest BCUT2D eigenvalue weighted by atomic mass is 32.1. The molecule has 0 spiro atoms. The molecule has 0 fully saturated rings.